The summed E-state index contributed by atoms with van der Waals surface area (Å²) >= 11 is 0. The standard InChI is InChI=1S/C34H40O12/c1-18-12-21(4)27(22(5)13-18)31(35)38-30(34(9,10)11)26-17-20(3)16-25(8)29(26)33(37)40-42-44-46-45-43-41-39-32(36)28-23(6)14-19(2)15-24(28)7/h12-17,30H,1-11H3. The van der Waals surface area contributed by atoms with Gasteiger partial charge in [-0.25, -0.2) is 14.4 Å². The van der Waals surface area contributed by atoms with Crippen LogP contribution in [0.2, 0.25) is 0 Å². The van der Waals surface area contributed by atoms with E-state index in [0.29, 0.717) is 27.8 Å². The van der Waals surface area contributed by atoms with Gasteiger partial charge in [0.25, 0.3) is 0 Å². The second-order valence-corrected chi connectivity index (χ2v) is 12.4. The van der Waals surface area contributed by atoms with Crippen LogP contribution >= 0.6 is 0 Å². The molecule has 0 aliphatic rings. The Morgan fingerprint density at radius 2 is 0.804 bits per heavy atom. The van der Waals surface area contributed by atoms with Gasteiger partial charge in [-0.3, -0.25) is 9.78 Å². The minimum Gasteiger partial charge on any atom is -0.453 e. The van der Waals surface area contributed by atoms with Crippen molar-refractivity contribution in [3.63, 3.8) is 0 Å². The molecule has 0 N–H and O–H groups in total. The maximum Gasteiger partial charge on any atom is 0.377 e. The Kier molecular flexibility index (Phi) is 12.2. The largest absolute Gasteiger partial charge is 0.453 e. The molecule has 1 unspecified atom stereocenters. The average molecular weight is 641 g/mol. The van der Waals surface area contributed by atoms with Crippen molar-refractivity contribution in [1.82, 2.24) is 0 Å². The first-order valence-electron chi connectivity index (χ1n) is 14.4. The summed E-state index contributed by atoms with van der Waals surface area (Å²) in [6, 6.07) is 10.9. The van der Waals surface area contributed by atoms with Gasteiger partial charge in [0, 0.05) is 41.2 Å². The highest BCUT2D eigenvalue weighted by molar-refractivity contribution is 5.95. The van der Waals surface area contributed by atoms with Crippen LogP contribution in [0.3, 0.4) is 0 Å². The highest BCUT2D eigenvalue weighted by atomic mass is 17.9. The molecule has 12 heteroatoms. The molecule has 3 aromatic rings. The van der Waals surface area contributed by atoms with Crippen LogP contribution in [0.1, 0.15) is 108 Å². The van der Waals surface area contributed by atoms with E-state index >= 15 is 0 Å². The number of benzene rings is 3. The number of aryl methyl sites for hydroxylation is 8. The van der Waals surface area contributed by atoms with Crippen LogP contribution < -0.4 is 0 Å². The van der Waals surface area contributed by atoms with Gasteiger partial charge in [0.15, 0.2) is 0 Å². The number of hydrogen-bond acceptors (Lipinski definition) is 12. The van der Waals surface area contributed by atoms with Gasteiger partial charge < -0.3 is 4.74 Å². The Hall–Kier alpha value is -4.17. The lowest BCUT2D eigenvalue weighted by Crippen LogP contribution is -2.27. The quantitative estimate of drug-likeness (QED) is 0.0834. The minimum atomic E-state index is -0.973. The normalized spacial score (nSPS) is 12.1. The topological polar surface area (TPSA) is 134 Å². The Bertz CT molecular complexity index is 1560. The zero-order valence-corrected chi connectivity index (χ0v) is 27.9. The third-order valence-electron chi connectivity index (χ3n) is 7.13. The fourth-order valence-corrected chi connectivity index (χ4v) is 5.58. The molecule has 0 fully saturated rings. The number of rotatable bonds is 12. The van der Waals surface area contributed by atoms with Crippen molar-refractivity contribution in [3.8, 4) is 0 Å². The highest BCUT2D eigenvalue weighted by Crippen LogP contribution is 2.40. The van der Waals surface area contributed by atoms with Crippen LogP contribution in [0.15, 0.2) is 36.4 Å². The van der Waals surface area contributed by atoms with Crippen molar-refractivity contribution in [2.24, 2.45) is 5.41 Å². The molecule has 1 atom stereocenters. The van der Waals surface area contributed by atoms with Crippen molar-refractivity contribution in [2.45, 2.75) is 82.3 Å². The zero-order chi connectivity index (χ0) is 34.3. The summed E-state index contributed by atoms with van der Waals surface area (Å²) in [6.07, 6.45) is -0.859. The van der Waals surface area contributed by atoms with E-state index in [1.54, 1.807) is 45.0 Å². The number of hydrogen-bond donors (Lipinski definition) is 0. The molecule has 0 amide bonds. The molecular formula is C34H40O12. The first-order chi connectivity index (χ1) is 21.5. The Balaban J connectivity index is 1.62. The van der Waals surface area contributed by atoms with Gasteiger partial charge in [-0.2, -0.15) is 0 Å². The van der Waals surface area contributed by atoms with Crippen molar-refractivity contribution >= 4 is 17.9 Å². The molecule has 0 radical (unpaired) electrons. The van der Waals surface area contributed by atoms with Crippen molar-refractivity contribution in [3.05, 3.63) is 103 Å². The van der Waals surface area contributed by atoms with Crippen LogP contribution in [0, 0.1) is 60.8 Å². The predicted molar refractivity (Wildman–Crippen MR) is 162 cm³/mol. The molecule has 0 saturated carbocycles. The molecule has 12 nitrogen and oxygen atoms in total. The van der Waals surface area contributed by atoms with Crippen LogP contribution in [0.4, 0.5) is 0 Å². The van der Waals surface area contributed by atoms with Gasteiger partial charge in [-0.15, -0.1) is 0 Å². The Morgan fingerprint density at radius 3 is 1.22 bits per heavy atom. The first kappa shape index (κ1) is 36.3. The van der Waals surface area contributed by atoms with E-state index in [1.165, 1.54) is 0 Å². The Labute approximate surface area is 267 Å². The molecule has 0 saturated heterocycles. The molecule has 0 aromatic heterocycles. The summed E-state index contributed by atoms with van der Waals surface area (Å²) in [7, 11) is 0. The van der Waals surface area contributed by atoms with E-state index in [9.17, 15) is 14.4 Å². The summed E-state index contributed by atoms with van der Waals surface area (Å²) in [6.45, 7) is 20.3. The molecule has 46 heavy (non-hydrogen) atoms. The number of ether oxygens (including phenoxy) is 1. The van der Waals surface area contributed by atoms with E-state index in [0.717, 1.165) is 27.8 Å². The van der Waals surface area contributed by atoms with Gasteiger partial charge >= 0.3 is 17.9 Å². The minimum absolute atomic E-state index is 0.0911. The molecule has 3 rings (SSSR count). The lowest BCUT2D eigenvalue weighted by molar-refractivity contribution is -0.805. The predicted octanol–water partition coefficient (Wildman–Crippen LogP) is 7.62. The molecular weight excluding hydrogens is 600 g/mol. The van der Waals surface area contributed by atoms with E-state index < -0.39 is 29.4 Å². The number of carbonyl (C=O) groups is 3. The van der Waals surface area contributed by atoms with E-state index in [-0.39, 0.29) is 11.1 Å². The molecule has 0 bridgehead atoms. The maximum absolute atomic E-state index is 13.5. The smallest absolute Gasteiger partial charge is 0.377 e. The lowest BCUT2D eigenvalue weighted by Gasteiger charge is -2.32. The van der Waals surface area contributed by atoms with Gasteiger partial charge in [0.05, 0.1) is 16.7 Å². The second kappa shape index (κ2) is 15.4. The van der Waals surface area contributed by atoms with Crippen LogP contribution in [-0.4, -0.2) is 17.9 Å². The number of esters is 1. The van der Waals surface area contributed by atoms with E-state index in [2.05, 4.69) is 35.1 Å². The van der Waals surface area contributed by atoms with Crippen LogP contribution in [0.25, 0.3) is 0 Å². The lowest BCUT2D eigenvalue weighted by atomic mass is 9.81. The van der Waals surface area contributed by atoms with Gasteiger partial charge in [0.2, 0.25) is 0 Å². The molecule has 0 aliphatic heterocycles. The molecule has 0 spiro atoms. The third-order valence-corrected chi connectivity index (χ3v) is 7.13. The number of carbonyl (C=O) groups excluding carboxylic acids is 3. The van der Waals surface area contributed by atoms with E-state index in [1.807, 2.05) is 67.5 Å². The van der Waals surface area contributed by atoms with Gasteiger partial charge in [-0.1, -0.05) is 73.9 Å². The summed E-state index contributed by atoms with van der Waals surface area (Å²) in [5.74, 6) is -2.33. The molecule has 248 valence electrons. The summed E-state index contributed by atoms with van der Waals surface area (Å²) < 4.78 is 6.10. The monoisotopic (exact) mass is 640 g/mol. The molecule has 3 aromatic carbocycles. The SMILES string of the molecule is Cc1cc(C)c(C(=O)OOOOOOOOC(=O)c2c(C)cc(C)cc2C(OC(=O)c2c(C)cc(C)cc2C)C(C)(C)C)c(C)c1. The summed E-state index contributed by atoms with van der Waals surface area (Å²) in [4.78, 5) is 48.1. The van der Waals surface area contributed by atoms with Gasteiger partial charge in [0.1, 0.15) is 6.10 Å². The molecule has 0 heterocycles. The first-order valence-corrected chi connectivity index (χ1v) is 14.4. The molecule has 0 aliphatic carbocycles. The van der Waals surface area contributed by atoms with Crippen LogP contribution in [-0.2, 0) is 44.7 Å². The van der Waals surface area contributed by atoms with Crippen molar-refractivity contribution in [2.75, 3.05) is 0 Å². The third kappa shape index (κ3) is 9.19. The fourth-order valence-electron chi connectivity index (χ4n) is 5.58. The summed E-state index contributed by atoms with van der Waals surface area (Å²) in [5, 5.41) is 24.9. The van der Waals surface area contributed by atoms with E-state index in [4.69, 9.17) is 9.62 Å². The summed E-state index contributed by atoms with van der Waals surface area (Å²) in [5.41, 5.74) is 6.91. The Morgan fingerprint density at radius 1 is 0.478 bits per heavy atom. The average Bonchev–Trinajstić information content (AvgIpc) is 2.90. The second-order valence-electron chi connectivity index (χ2n) is 12.4. The highest BCUT2D eigenvalue weighted by Gasteiger charge is 2.36. The maximum atomic E-state index is 13.5. The van der Waals surface area contributed by atoms with Crippen LogP contribution in [0.5, 0.6) is 0 Å². The fraction of sp³-hybridized carbons (Fsp3) is 0.382. The van der Waals surface area contributed by atoms with Gasteiger partial charge in [-0.05, 0) is 83.2 Å². The van der Waals surface area contributed by atoms with Crippen molar-refractivity contribution in [1.29, 1.82) is 0 Å². The zero-order valence-electron chi connectivity index (χ0n) is 27.9. The van der Waals surface area contributed by atoms with Crippen molar-refractivity contribution < 1.29 is 59.1 Å².